The van der Waals surface area contributed by atoms with Crippen LogP contribution in [0.4, 0.5) is 4.39 Å². The molecule has 2 rings (SSSR count). The van der Waals surface area contributed by atoms with Crippen molar-refractivity contribution in [2.24, 2.45) is 5.14 Å². The molecule has 1 saturated carbocycles. The van der Waals surface area contributed by atoms with Gasteiger partial charge in [0.2, 0.25) is 10.0 Å². The van der Waals surface area contributed by atoms with E-state index in [0.717, 1.165) is 25.0 Å². The summed E-state index contributed by atoms with van der Waals surface area (Å²) < 4.78 is 40.4. The zero-order chi connectivity index (χ0) is 11.1. The van der Waals surface area contributed by atoms with Gasteiger partial charge in [-0.05, 0) is 31.0 Å². The number of nitrogens with two attached hydrogens (primary N) is 1. The van der Waals surface area contributed by atoms with Crippen LogP contribution in [0.5, 0.6) is 5.75 Å². The Kier molecular flexibility index (Phi) is 2.40. The van der Waals surface area contributed by atoms with Gasteiger partial charge in [-0.1, -0.05) is 0 Å². The fraction of sp³-hybridized carbons (Fsp3) is 0.333. The molecule has 0 unspecified atom stereocenters. The summed E-state index contributed by atoms with van der Waals surface area (Å²) >= 11 is 0. The summed E-state index contributed by atoms with van der Waals surface area (Å²) in [5.41, 5.74) is 0. The number of halogens is 1. The van der Waals surface area contributed by atoms with Gasteiger partial charge in [0.25, 0.3) is 0 Å². The van der Waals surface area contributed by atoms with Crippen LogP contribution in [0.25, 0.3) is 0 Å². The van der Waals surface area contributed by atoms with Crippen LogP contribution in [0.2, 0.25) is 0 Å². The zero-order valence-electron chi connectivity index (χ0n) is 7.81. The number of primary sulfonamides is 1. The highest BCUT2D eigenvalue weighted by Gasteiger charge is 2.26. The molecule has 2 N–H and O–H groups in total. The topological polar surface area (TPSA) is 69.4 Å². The molecular formula is C9H10FNO3S. The molecule has 6 heteroatoms. The lowest BCUT2D eigenvalue weighted by molar-refractivity contribution is 0.294. The van der Waals surface area contributed by atoms with E-state index in [0.29, 0.717) is 0 Å². The highest BCUT2D eigenvalue weighted by atomic mass is 32.2. The Morgan fingerprint density at radius 3 is 2.60 bits per heavy atom. The Morgan fingerprint density at radius 2 is 2.07 bits per heavy atom. The van der Waals surface area contributed by atoms with Gasteiger partial charge in [0.05, 0.1) is 6.10 Å². The Hall–Kier alpha value is -1.14. The van der Waals surface area contributed by atoms with Crippen LogP contribution in [0.3, 0.4) is 0 Å². The highest BCUT2D eigenvalue weighted by molar-refractivity contribution is 7.89. The van der Waals surface area contributed by atoms with Crippen LogP contribution in [0.1, 0.15) is 12.8 Å². The summed E-state index contributed by atoms with van der Waals surface area (Å²) in [5, 5.41) is 4.95. The van der Waals surface area contributed by atoms with Gasteiger partial charge in [0.15, 0.2) is 0 Å². The highest BCUT2D eigenvalue weighted by Crippen LogP contribution is 2.31. The maximum Gasteiger partial charge on any atom is 0.241 e. The molecular weight excluding hydrogens is 221 g/mol. The van der Waals surface area contributed by atoms with E-state index in [1.807, 2.05) is 0 Å². The Morgan fingerprint density at radius 1 is 1.40 bits per heavy atom. The third-order valence-electron chi connectivity index (χ3n) is 2.03. The number of hydrogen-bond donors (Lipinski definition) is 1. The average Bonchev–Trinajstić information content (AvgIpc) is 2.90. The average molecular weight is 231 g/mol. The van der Waals surface area contributed by atoms with E-state index in [9.17, 15) is 12.8 Å². The number of ether oxygens (including phenoxy) is 1. The Balaban J connectivity index is 2.43. The lowest BCUT2D eigenvalue weighted by Crippen LogP contribution is -2.14. The second-order valence-corrected chi connectivity index (χ2v) is 4.98. The van der Waals surface area contributed by atoms with Crippen LogP contribution in [-0.2, 0) is 10.0 Å². The lowest BCUT2D eigenvalue weighted by Gasteiger charge is -2.08. The van der Waals surface area contributed by atoms with Crippen LogP contribution in [-0.4, -0.2) is 14.5 Å². The van der Waals surface area contributed by atoms with E-state index in [1.165, 1.54) is 6.07 Å². The molecule has 0 bridgehead atoms. The van der Waals surface area contributed by atoms with Gasteiger partial charge >= 0.3 is 0 Å². The molecule has 1 fully saturated rings. The van der Waals surface area contributed by atoms with Gasteiger partial charge < -0.3 is 4.74 Å². The first-order valence-corrected chi connectivity index (χ1v) is 6.00. The molecule has 0 aliphatic heterocycles. The molecule has 1 aliphatic rings. The minimum Gasteiger partial charge on any atom is -0.489 e. The summed E-state index contributed by atoms with van der Waals surface area (Å²) in [7, 11) is -3.94. The molecule has 4 nitrogen and oxygen atoms in total. The van der Waals surface area contributed by atoms with E-state index >= 15 is 0 Å². The normalized spacial score (nSPS) is 16.4. The molecule has 0 heterocycles. The van der Waals surface area contributed by atoms with Gasteiger partial charge in [-0.3, -0.25) is 0 Å². The number of sulfonamides is 1. The first-order chi connectivity index (χ1) is 6.97. The van der Waals surface area contributed by atoms with E-state index in [-0.39, 0.29) is 16.7 Å². The van der Waals surface area contributed by atoms with Gasteiger partial charge in [0.1, 0.15) is 16.5 Å². The molecule has 0 saturated heterocycles. The second-order valence-electron chi connectivity index (χ2n) is 3.45. The maximum absolute atomic E-state index is 12.9. The fourth-order valence-corrected chi connectivity index (χ4v) is 1.84. The molecule has 0 amide bonds. The lowest BCUT2D eigenvalue weighted by atomic mass is 10.3. The van der Waals surface area contributed by atoms with Crippen molar-refractivity contribution < 1.29 is 17.5 Å². The smallest absolute Gasteiger partial charge is 0.241 e. The van der Waals surface area contributed by atoms with Gasteiger partial charge in [0, 0.05) is 0 Å². The molecule has 1 aliphatic carbocycles. The van der Waals surface area contributed by atoms with E-state index in [2.05, 4.69) is 0 Å². The largest absolute Gasteiger partial charge is 0.489 e. The van der Waals surface area contributed by atoms with Gasteiger partial charge in [-0.25, -0.2) is 17.9 Å². The first kappa shape index (κ1) is 10.4. The standard InChI is InChI=1S/C9H10FNO3S/c10-6-1-4-8(14-7-2-3-7)9(5-6)15(11,12)13/h1,4-5,7H,2-3H2,(H2,11,12,13). The molecule has 0 aromatic heterocycles. The summed E-state index contributed by atoms with van der Waals surface area (Å²) in [6.45, 7) is 0. The predicted molar refractivity (Wildman–Crippen MR) is 51.4 cm³/mol. The van der Waals surface area contributed by atoms with Crippen LogP contribution in [0, 0.1) is 5.82 Å². The van der Waals surface area contributed by atoms with Crippen LogP contribution >= 0.6 is 0 Å². The van der Waals surface area contributed by atoms with E-state index in [4.69, 9.17) is 9.88 Å². The molecule has 0 radical (unpaired) electrons. The molecule has 0 spiro atoms. The molecule has 82 valence electrons. The molecule has 15 heavy (non-hydrogen) atoms. The molecule has 0 atom stereocenters. The van der Waals surface area contributed by atoms with Gasteiger partial charge in [-0.2, -0.15) is 0 Å². The van der Waals surface area contributed by atoms with E-state index in [1.54, 1.807) is 0 Å². The van der Waals surface area contributed by atoms with Crippen molar-refractivity contribution in [3.63, 3.8) is 0 Å². The minimum absolute atomic E-state index is 0.0379. The monoisotopic (exact) mass is 231 g/mol. The van der Waals surface area contributed by atoms with Crippen molar-refractivity contribution in [3.8, 4) is 5.75 Å². The maximum atomic E-state index is 12.9. The Bertz CT molecular complexity index is 482. The van der Waals surface area contributed by atoms with Crippen molar-refractivity contribution in [1.29, 1.82) is 0 Å². The Labute approximate surface area is 86.9 Å². The molecule has 1 aromatic carbocycles. The van der Waals surface area contributed by atoms with Crippen LogP contribution < -0.4 is 9.88 Å². The minimum atomic E-state index is -3.94. The fourth-order valence-electron chi connectivity index (χ4n) is 1.17. The van der Waals surface area contributed by atoms with Crippen molar-refractivity contribution >= 4 is 10.0 Å². The predicted octanol–water partition coefficient (Wildman–Crippen LogP) is 1.01. The summed E-state index contributed by atoms with van der Waals surface area (Å²) in [4.78, 5) is -0.297. The molecule has 1 aromatic rings. The summed E-state index contributed by atoms with van der Waals surface area (Å²) in [6.07, 6.45) is 1.82. The third kappa shape index (κ3) is 2.45. The van der Waals surface area contributed by atoms with Crippen molar-refractivity contribution in [3.05, 3.63) is 24.0 Å². The van der Waals surface area contributed by atoms with Crippen LogP contribution in [0.15, 0.2) is 23.1 Å². The quantitative estimate of drug-likeness (QED) is 0.844. The summed E-state index contributed by atoms with van der Waals surface area (Å²) in [6, 6.07) is 3.30. The second kappa shape index (κ2) is 3.46. The van der Waals surface area contributed by atoms with E-state index < -0.39 is 15.8 Å². The number of hydrogen-bond acceptors (Lipinski definition) is 3. The number of benzene rings is 1. The number of rotatable bonds is 3. The summed E-state index contributed by atoms with van der Waals surface area (Å²) in [5.74, 6) is -0.524. The van der Waals surface area contributed by atoms with Crippen molar-refractivity contribution in [2.75, 3.05) is 0 Å². The zero-order valence-corrected chi connectivity index (χ0v) is 8.63. The first-order valence-electron chi connectivity index (χ1n) is 4.46. The van der Waals surface area contributed by atoms with Crippen molar-refractivity contribution in [2.45, 2.75) is 23.8 Å². The SMILES string of the molecule is NS(=O)(=O)c1cc(F)ccc1OC1CC1. The third-order valence-corrected chi connectivity index (χ3v) is 2.96. The van der Waals surface area contributed by atoms with Gasteiger partial charge in [-0.15, -0.1) is 0 Å². The van der Waals surface area contributed by atoms with Crippen molar-refractivity contribution in [1.82, 2.24) is 0 Å².